The second kappa shape index (κ2) is 9.43. The fourth-order valence-electron chi connectivity index (χ4n) is 5.34. The van der Waals surface area contributed by atoms with Gasteiger partial charge in [-0.3, -0.25) is 4.79 Å². The number of rotatable bonds is 5. The Labute approximate surface area is 213 Å². The van der Waals surface area contributed by atoms with Crippen molar-refractivity contribution in [3.63, 3.8) is 0 Å². The van der Waals surface area contributed by atoms with Crippen molar-refractivity contribution in [3.8, 4) is 11.5 Å². The lowest BCUT2D eigenvalue weighted by molar-refractivity contribution is -0.115. The molecule has 0 fully saturated rings. The Kier molecular flexibility index (Phi) is 6.70. The van der Waals surface area contributed by atoms with E-state index in [1.54, 1.807) is 20.3 Å². The van der Waals surface area contributed by atoms with Crippen molar-refractivity contribution in [2.45, 2.75) is 45.1 Å². The van der Waals surface area contributed by atoms with E-state index in [9.17, 15) is 4.79 Å². The fraction of sp³-hybridized carbons (Fsp3) is 0.300. The molecule has 0 bridgehead atoms. The van der Waals surface area contributed by atoms with Gasteiger partial charge in [0.25, 0.3) is 5.91 Å². The maximum absolute atomic E-state index is 13.7. The quantitative estimate of drug-likeness (QED) is 0.356. The Morgan fingerprint density at radius 1 is 0.943 bits per heavy atom. The molecule has 3 aromatic rings. The van der Waals surface area contributed by atoms with Crippen molar-refractivity contribution in [3.05, 3.63) is 94.0 Å². The highest BCUT2D eigenvalue weighted by Gasteiger charge is 2.47. The first-order chi connectivity index (χ1) is 16.6. The topological polar surface area (TPSA) is 38.8 Å². The lowest BCUT2D eigenvalue weighted by atomic mass is 9.65. The van der Waals surface area contributed by atoms with Crippen LogP contribution in [-0.4, -0.2) is 25.7 Å². The van der Waals surface area contributed by atoms with E-state index < -0.39 is 5.54 Å². The summed E-state index contributed by atoms with van der Waals surface area (Å²) in [7, 11) is 3.20. The average Bonchev–Trinajstić information content (AvgIpc) is 2.82. The van der Waals surface area contributed by atoms with Crippen molar-refractivity contribution in [1.82, 2.24) is 0 Å². The minimum atomic E-state index is -0.421. The highest BCUT2D eigenvalue weighted by Crippen LogP contribution is 2.50. The SMILES string of the molecule is COc1ccc(/C=C/C(=O)N2c3ccc(C)cc3[C@](C)(c3ccc(Cl)cc3)CC2(C)C)cc1OC. The third kappa shape index (κ3) is 4.68. The monoisotopic (exact) mass is 489 g/mol. The minimum Gasteiger partial charge on any atom is -0.493 e. The zero-order valence-electron chi connectivity index (χ0n) is 21.2. The number of fused-ring (bicyclic) bond motifs is 1. The number of ether oxygens (including phenoxy) is 2. The number of methoxy groups -OCH3 is 2. The van der Waals surface area contributed by atoms with Gasteiger partial charge in [0.1, 0.15) is 0 Å². The largest absolute Gasteiger partial charge is 0.493 e. The maximum Gasteiger partial charge on any atom is 0.251 e. The molecule has 1 aliphatic rings. The molecular weight excluding hydrogens is 458 g/mol. The van der Waals surface area contributed by atoms with Crippen molar-refractivity contribution in [1.29, 1.82) is 0 Å². The molecule has 0 N–H and O–H groups in total. The summed E-state index contributed by atoms with van der Waals surface area (Å²) in [5.74, 6) is 1.21. The first-order valence-corrected chi connectivity index (χ1v) is 12.1. The summed E-state index contributed by atoms with van der Waals surface area (Å²) >= 11 is 6.19. The van der Waals surface area contributed by atoms with Gasteiger partial charge in [0.2, 0.25) is 0 Å². The van der Waals surface area contributed by atoms with Crippen LogP contribution < -0.4 is 14.4 Å². The van der Waals surface area contributed by atoms with Gasteiger partial charge in [-0.25, -0.2) is 0 Å². The summed E-state index contributed by atoms with van der Waals surface area (Å²) in [5.41, 5.74) is 4.61. The van der Waals surface area contributed by atoms with Crippen LogP contribution in [0.5, 0.6) is 11.5 Å². The van der Waals surface area contributed by atoms with E-state index in [0.717, 1.165) is 28.8 Å². The number of hydrogen-bond acceptors (Lipinski definition) is 3. The standard InChI is InChI=1S/C30H32ClNO3/c1-20-7-14-25-24(17-20)30(4,22-10-12-23(31)13-11-22)19-29(2,3)32(25)28(33)16-9-21-8-15-26(34-5)27(18-21)35-6/h7-18H,19H2,1-6H3/b16-9+/t30-/m0/s1. The zero-order chi connectivity index (χ0) is 25.4. The molecule has 0 aromatic heterocycles. The number of carbonyl (C=O) groups is 1. The molecule has 0 saturated carbocycles. The molecular formula is C30H32ClNO3. The first kappa shape index (κ1) is 24.9. The van der Waals surface area contributed by atoms with E-state index >= 15 is 0 Å². The summed E-state index contributed by atoms with van der Waals surface area (Å²) in [6.07, 6.45) is 4.23. The number of nitrogens with zero attached hydrogens (tertiary/aromatic N) is 1. The Bertz CT molecular complexity index is 1280. The van der Waals surface area contributed by atoms with Gasteiger partial charge in [0.05, 0.1) is 14.2 Å². The van der Waals surface area contributed by atoms with Gasteiger partial charge >= 0.3 is 0 Å². The average molecular weight is 490 g/mol. The molecule has 1 heterocycles. The smallest absolute Gasteiger partial charge is 0.251 e. The minimum absolute atomic E-state index is 0.0620. The molecule has 35 heavy (non-hydrogen) atoms. The van der Waals surface area contributed by atoms with Gasteiger partial charge in [0.15, 0.2) is 11.5 Å². The normalized spacial score (nSPS) is 18.9. The number of halogens is 1. The lowest BCUT2D eigenvalue weighted by Gasteiger charge is -2.51. The Balaban J connectivity index is 1.75. The molecule has 0 radical (unpaired) electrons. The molecule has 1 amide bonds. The summed E-state index contributed by atoms with van der Waals surface area (Å²) in [5, 5.41) is 0.717. The van der Waals surface area contributed by atoms with Crippen LogP contribution in [0.4, 0.5) is 5.69 Å². The summed E-state index contributed by atoms with van der Waals surface area (Å²) in [6, 6.07) is 20.0. The van der Waals surface area contributed by atoms with Crippen molar-refractivity contribution < 1.29 is 14.3 Å². The molecule has 1 aliphatic heterocycles. The number of benzene rings is 3. The molecule has 4 rings (SSSR count). The van der Waals surface area contributed by atoms with E-state index in [1.807, 2.05) is 41.3 Å². The van der Waals surface area contributed by atoms with Crippen LogP contribution in [0.2, 0.25) is 5.02 Å². The molecule has 0 unspecified atom stereocenters. The van der Waals surface area contributed by atoms with E-state index in [1.165, 1.54) is 5.56 Å². The van der Waals surface area contributed by atoms with E-state index in [4.69, 9.17) is 21.1 Å². The van der Waals surface area contributed by atoms with Crippen LogP contribution in [0, 0.1) is 6.92 Å². The molecule has 5 heteroatoms. The van der Waals surface area contributed by atoms with Gasteiger partial charge in [0, 0.05) is 27.7 Å². The fourth-order valence-corrected chi connectivity index (χ4v) is 5.47. The first-order valence-electron chi connectivity index (χ1n) is 11.7. The van der Waals surface area contributed by atoms with Gasteiger partial charge < -0.3 is 14.4 Å². The van der Waals surface area contributed by atoms with Crippen LogP contribution in [0.15, 0.2) is 66.7 Å². The molecule has 1 atom stereocenters. The van der Waals surface area contributed by atoms with Crippen molar-refractivity contribution >= 4 is 29.3 Å². The van der Waals surface area contributed by atoms with Gasteiger partial charge in [-0.2, -0.15) is 0 Å². The number of amides is 1. The van der Waals surface area contributed by atoms with Gasteiger partial charge in [-0.15, -0.1) is 0 Å². The van der Waals surface area contributed by atoms with Gasteiger partial charge in [-0.05, 0) is 80.3 Å². The van der Waals surface area contributed by atoms with Crippen LogP contribution in [0.1, 0.15) is 49.4 Å². The third-order valence-electron chi connectivity index (χ3n) is 6.91. The number of aryl methyl sites for hydroxylation is 1. The van der Waals surface area contributed by atoms with Gasteiger partial charge in [-0.1, -0.05) is 54.4 Å². The van der Waals surface area contributed by atoms with Crippen LogP contribution >= 0.6 is 11.6 Å². The predicted molar refractivity (Wildman–Crippen MR) is 144 cm³/mol. The van der Waals surface area contributed by atoms with Crippen LogP contribution in [-0.2, 0) is 10.2 Å². The predicted octanol–water partition coefficient (Wildman–Crippen LogP) is 7.20. The molecule has 3 aromatic carbocycles. The van der Waals surface area contributed by atoms with Crippen molar-refractivity contribution in [2.24, 2.45) is 0 Å². The Hall–Kier alpha value is -3.24. The second-order valence-corrected chi connectivity index (χ2v) is 10.4. The maximum atomic E-state index is 13.7. The highest BCUT2D eigenvalue weighted by atomic mass is 35.5. The van der Waals surface area contributed by atoms with Crippen LogP contribution in [0.3, 0.4) is 0 Å². The molecule has 182 valence electrons. The molecule has 4 nitrogen and oxygen atoms in total. The van der Waals surface area contributed by atoms with Crippen molar-refractivity contribution in [2.75, 3.05) is 19.1 Å². The molecule has 0 aliphatic carbocycles. The summed E-state index contributed by atoms with van der Waals surface area (Å²) in [6.45, 7) is 8.61. The third-order valence-corrected chi connectivity index (χ3v) is 7.16. The van der Waals surface area contributed by atoms with E-state index in [0.29, 0.717) is 16.5 Å². The molecule has 0 saturated heterocycles. The number of hydrogen-bond donors (Lipinski definition) is 0. The summed E-state index contributed by atoms with van der Waals surface area (Å²) in [4.78, 5) is 15.6. The van der Waals surface area contributed by atoms with E-state index in [-0.39, 0.29) is 11.3 Å². The summed E-state index contributed by atoms with van der Waals surface area (Å²) < 4.78 is 10.7. The Morgan fingerprint density at radius 3 is 2.29 bits per heavy atom. The van der Waals surface area contributed by atoms with E-state index in [2.05, 4.69) is 58.0 Å². The Morgan fingerprint density at radius 2 is 1.63 bits per heavy atom. The highest BCUT2D eigenvalue weighted by molar-refractivity contribution is 6.30. The zero-order valence-corrected chi connectivity index (χ0v) is 21.9. The second-order valence-electron chi connectivity index (χ2n) is 9.97. The number of anilines is 1. The lowest BCUT2D eigenvalue weighted by Crippen LogP contribution is -2.55. The molecule has 0 spiro atoms. The number of carbonyl (C=O) groups excluding carboxylic acids is 1. The van der Waals surface area contributed by atoms with Crippen LogP contribution in [0.25, 0.3) is 6.08 Å².